The van der Waals surface area contributed by atoms with Crippen LogP contribution >= 0.6 is 0 Å². The fraction of sp³-hybridized carbons (Fsp3) is 0.467. The smallest absolute Gasteiger partial charge is 0.229 e. The van der Waals surface area contributed by atoms with Gasteiger partial charge in [0.25, 0.3) is 0 Å². The zero-order valence-electron chi connectivity index (χ0n) is 12.0. The van der Waals surface area contributed by atoms with E-state index in [9.17, 15) is 0 Å². The second kappa shape index (κ2) is 6.13. The molecule has 2 N–H and O–H groups in total. The van der Waals surface area contributed by atoms with Crippen LogP contribution in [0.2, 0.25) is 0 Å². The van der Waals surface area contributed by atoms with Crippen molar-refractivity contribution in [3.63, 3.8) is 0 Å². The van der Waals surface area contributed by atoms with Crippen molar-refractivity contribution in [3.05, 3.63) is 35.5 Å². The van der Waals surface area contributed by atoms with Crippen molar-refractivity contribution >= 4 is 0 Å². The van der Waals surface area contributed by atoms with Crippen molar-refractivity contribution in [2.75, 3.05) is 13.7 Å². The molecule has 0 atom stereocenters. The van der Waals surface area contributed by atoms with E-state index in [-0.39, 0.29) is 6.61 Å². The number of aromatic nitrogens is 2. The Morgan fingerprint density at radius 2 is 2.19 bits per heavy atom. The molecule has 1 aliphatic rings. The lowest BCUT2D eigenvalue weighted by Crippen LogP contribution is -2.04. The molecule has 0 bridgehead atoms. The highest BCUT2D eigenvalue weighted by atomic mass is 16.5. The van der Waals surface area contributed by atoms with Gasteiger partial charge in [0.2, 0.25) is 11.7 Å². The third-order valence-corrected chi connectivity index (χ3v) is 3.43. The number of hydrogen-bond donors (Lipinski definition) is 1. The summed E-state index contributed by atoms with van der Waals surface area (Å²) in [5.41, 5.74) is 6.69. The van der Waals surface area contributed by atoms with Crippen LogP contribution in [0.25, 0.3) is 0 Å². The molecule has 1 aliphatic carbocycles. The van der Waals surface area contributed by atoms with Crippen LogP contribution in [0.1, 0.15) is 36.0 Å². The van der Waals surface area contributed by atoms with Crippen LogP contribution in [0.4, 0.5) is 0 Å². The van der Waals surface area contributed by atoms with Gasteiger partial charge in [0.15, 0.2) is 18.1 Å². The van der Waals surface area contributed by atoms with E-state index in [0.717, 1.165) is 30.7 Å². The molecule has 0 amide bonds. The molecule has 1 saturated carbocycles. The molecule has 6 heteroatoms. The molecule has 1 aromatic carbocycles. The Kier molecular flexibility index (Phi) is 4.06. The highest BCUT2D eigenvalue weighted by Crippen LogP contribution is 2.38. The predicted molar refractivity (Wildman–Crippen MR) is 76.4 cm³/mol. The summed E-state index contributed by atoms with van der Waals surface area (Å²) in [7, 11) is 1.62. The monoisotopic (exact) mass is 289 g/mol. The Balaban J connectivity index is 1.68. The van der Waals surface area contributed by atoms with Crippen molar-refractivity contribution in [1.82, 2.24) is 10.1 Å². The highest BCUT2D eigenvalue weighted by Gasteiger charge is 2.29. The second-order valence-corrected chi connectivity index (χ2v) is 5.14. The zero-order valence-corrected chi connectivity index (χ0v) is 12.0. The maximum atomic E-state index is 5.76. The number of methoxy groups -OCH3 is 1. The average Bonchev–Trinajstić information content (AvgIpc) is 3.25. The van der Waals surface area contributed by atoms with E-state index in [1.165, 1.54) is 0 Å². The van der Waals surface area contributed by atoms with E-state index in [1.807, 2.05) is 18.2 Å². The number of ether oxygens (including phenoxy) is 2. The molecule has 0 unspecified atom stereocenters. The number of nitrogens with zero attached hydrogens (tertiary/aromatic N) is 2. The summed E-state index contributed by atoms with van der Waals surface area (Å²) in [6.45, 7) is 0.861. The van der Waals surface area contributed by atoms with Crippen LogP contribution in [-0.4, -0.2) is 23.8 Å². The van der Waals surface area contributed by atoms with Crippen molar-refractivity contribution in [2.24, 2.45) is 5.73 Å². The quantitative estimate of drug-likeness (QED) is 0.839. The number of rotatable bonds is 7. The maximum absolute atomic E-state index is 5.76. The van der Waals surface area contributed by atoms with Gasteiger partial charge in [-0.3, -0.25) is 0 Å². The second-order valence-electron chi connectivity index (χ2n) is 5.14. The van der Waals surface area contributed by atoms with Crippen molar-refractivity contribution in [3.8, 4) is 11.5 Å². The third kappa shape index (κ3) is 3.33. The van der Waals surface area contributed by atoms with E-state index >= 15 is 0 Å². The maximum Gasteiger partial charge on any atom is 0.229 e. The van der Waals surface area contributed by atoms with Crippen LogP contribution in [0.3, 0.4) is 0 Å². The fourth-order valence-electron chi connectivity index (χ4n) is 2.12. The zero-order chi connectivity index (χ0) is 14.7. The molecule has 3 rings (SSSR count). The van der Waals surface area contributed by atoms with Gasteiger partial charge in [0.1, 0.15) is 0 Å². The van der Waals surface area contributed by atoms with E-state index in [1.54, 1.807) is 7.11 Å². The van der Waals surface area contributed by atoms with Gasteiger partial charge in [-0.2, -0.15) is 4.98 Å². The Hall–Kier alpha value is -2.08. The molecular weight excluding hydrogens is 270 g/mol. The lowest BCUT2D eigenvalue weighted by atomic mass is 10.1. The van der Waals surface area contributed by atoms with Gasteiger partial charge in [0.05, 0.1) is 7.11 Å². The van der Waals surface area contributed by atoms with Gasteiger partial charge >= 0.3 is 0 Å². The first kappa shape index (κ1) is 13.9. The first-order chi connectivity index (χ1) is 10.3. The van der Waals surface area contributed by atoms with Crippen LogP contribution in [-0.2, 0) is 13.0 Å². The minimum absolute atomic E-state index is 0.263. The largest absolute Gasteiger partial charge is 0.493 e. The van der Waals surface area contributed by atoms with Crippen LogP contribution in [0, 0.1) is 0 Å². The Morgan fingerprint density at radius 1 is 1.33 bits per heavy atom. The van der Waals surface area contributed by atoms with E-state index < -0.39 is 0 Å². The van der Waals surface area contributed by atoms with Gasteiger partial charge < -0.3 is 19.7 Å². The van der Waals surface area contributed by atoms with Crippen molar-refractivity contribution < 1.29 is 14.0 Å². The molecule has 1 aromatic heterocycles. The normalized spacial score (nSPS) is 14.2. The number of hydrogen-bond acceptors (Lipinski definition) is 6. The van der Waals surface area contributed by atoms with Crippen LogP contribution in [0.15, 0.2) is 22.7 Å². The summed E-state index contributed by atoms with van der Waals surface area (Å²) in [5, 5.41) is 3.93. The topological polar surface area (TPSA) is 83.4 Å². The molecule has 0 aliphatic heterocycles. The summed E-state index contributed by atoms with van der Waals surface area (Å²) in [6, 6.07) is 5.80. The fourth-order valence-corrected chi connectivity index (χ4v) is 2.12. The highest BCUT2D eigenvalue weighted by molar-refractivity contribution is 5.43. The van der Waals surface area contributed by atoms with Gasteiger partial charge in [-0.05, 0) is 43.5 Å². The predicted octanol–water partition coefficient (Wildman–Crippen LogP) is 2.04. The Labute approximate surface area is 123 Å². The molecule has 0 spiro atoms. The summed E-state index contributed by atoms with van der Waals surface area (Å²) in [4.78, 5) is 4.34. The third-order valence-electron chi connectivity index (χ3n) is 3.43. The minimum Gasteiger partial charge on any atom is -0.493 e. The molecule has 21 heavy (non-hydrogen) atoms. The van der Waals surface area contributed by atoms with Crippen molar-refractivity contribution in [1.29, 1.82) is 0 Å². The van der Waals surface area contributed by atoms with E-state index in [2.05, 4.69) is 10.1 Å². The molecule has 1 heterocycles. The van der Waals surface area contributed by atoms with Gasteiger partial charge in [-0.15, -0.1) is 0 Å². The molecule has 112 valence electrons. The van der Waals surface area contributed by atoms with E-state index in [0.29, 0.717) is 29.8 Å². The SMILES string of the molecule is COc1ccc(CCN)cc1OCc1noc(C2CC2)n1. The first-order valence-electron chi connectivity index (χ1n) is 7.12. The lowest BCUT2D eigenvalue weighted by molar-refractivity contribution is 0.268. The average molecular weight is 289 g/mol. The number of nitrogens with two attached hydrogens (primary N) is 1. The van der Waals surface area contributed by atoms with Crippen molar-refractivity contribution in [2.45, 2.75) is 31.8 Å². The molecule has 0 saturated heterocycles. The Morgan fingerprint density at radius 3 is 2.90 bits per heavy atom. The lowest BCUT2D eigenvalue weighted by Gasteiger charge is -2.10. The minimum atomic E-state index is 0.263. The van der Waals surface area contributed by atoms with Gasteiger partial charge in [-0.1, -0.05) is 11.2 Å². The van der Waals surface area contributed by atoms with Crippen LogP contribution in [0.5, 0.6) is 11.5 Å². The standard InChI is InChI=1S/C15H19N3O3/c1-19-12-5-2-10(6-7-16)8-13(12)20-9-14-17-15(21-18-14)11-3-4-11/h2,5,8,11H,3-4,6-7,9,16H2,1H3. The van der Waals surface area contributed by atoms with Gasteiger partial charge in [-0.25, -0.2) is 0 Å². The van der Waals surface area contributed by atoms with Crippen LogP contribution < -0.4 is 15.2 Å². The molecule has 2 aromatic rings. The molecular formula is C15H19N3O3. The van der Waals surface area contributed by atoms with Gasteiger partial charge in [0, 0.05) is 5.92 Å². The molecule has 1 fully saturated rings. The number of benzene rings is 1. The molecule has 0 radical (unpaired) electrons. The summed E-state index contributed by atoms with van der Waals surface area (Å²) < 4.78 is 16.3. The summed E-state index contributed by atoms with van der Waals surface area (Å²) >= 11 is 0. The summed E-state index contributed by atoms with van der Waals surface area (Å²) in [6.07, 6.45) is 3.07. The Bertz CT molecular complexity index is 608. The first-order valence-corrected chi connectivity index (χ1v) is 7.12. The molecule has 6 nitrogen and oxygen atoms in total. The van der Waals surface area contributed by atoms with E-state index in [4.69, 9.17) is 19.7 Å². The summed E-state index contributed by atoms with van der Waals surface area (Å²) in [5.74, 6) is 3.08.